The molecule has 3 N–H and O–H groups in total. The van der Waals surface area contributed by atoms with Crippen molar-refractivity contribution in [3.63, 3.8) is 0 Å². The van der Waals surface area contributed by atoms with Crippen molar-refractivity contribution in [2.24, 2.45) is 0 Å². The van der Waals surface area contributed by atoms with Gasteiger partial charge in [0.05, 0.1) is 32.5 Å². The summed E-state index contributed by atoms with van der Waals surface area (Å²) >= 11 is 0. The van der Waals surface area contributed by atoms with Crippen LogP contribution in [0, 0.1) is 0 Å². The van der Waals surface area contributed by atoms with Crippen molar-refractivity contribution in [2.45, 2.75) is 122 Å². The maximum absolute atomic E-state index is 11.4. The Kier molecular flexibility index (Phi) is 24.0. The molecule has 0 radical (unpaired) electrons. The van der Waals surface area contributed by atoms with Crippen LogP contribution in [0.1, 0.15) is 122 Å². The zero-order valence-corrected chi connectivity index (χ0v) is 22.2. The summed E-state index contributed by atoms with van der Waals surface area (Å²) in [7, 11) is 0. The molecule has 0 saturated carbocycles. The van der Waals surface area contributed by atoms with Gasteiger partial charge >= 0.3 is 17.9 Å². The summed E-state index contributed by atoms with van der Waals surface area (Å²) < 4.78 is 0.0343. The Balaban J connectivity index is 0. The van der Waals surface area contributed by atoms with Gasteiger partial charge in [-0.1, -0.05) is 96.8 Å². The largest absolute Gasteiger partial charge is 1.00 e. The van der Waals surface area contributed by atoms with Crippen LogP contribution >= 0.6 is 0 Å². The van der Waals surface area contributed by atoms with Crippen LogP contribution in [0.25, 0.3) is 0 Å². The number of rotatable bonds is 25. The molecule has 0 atom stereocenters. The van der Waals surface area contributed by atoms with Crippen LogP contribution in [0.5, 0.6) is 0 Å². The number of hydrogen-bond donors (Lipinski definition) is 3. The highest BCUT2D eigenvalue weighted by Gasteiger charge is 2.31. The molecule has 0 bridgehead atoms. The Morgan fingerprint density at radius 1 is 0.500 bits per heavy atom. The maximum Gasteiger partial charge on any atom is 0.359 e. The molecule has 0 rings (SSSR count). The lowest BCUT2D eigenvalue weighted by atomic mass is 10.0. The van der Waals surface area contributed by atoms with E-state index in [0.29, 0.717) is 6.54 Å². The first-order valence-corrected chi connectivity index (χ1v) is 13.3. The van der Waals surface area contributed by atoms with Crippen LogP contribution in [0.3, 0.4) is 0 Å². The molecule has 7 nitrogen and oxygen atoms in total. The number of carbonyl (C=O) groups is 3. The van der Waals surface area contributed by atoms with E-state index in [1.807, 2.05) is 0 Å². The van der Waals surface area contributed by atoms with E-state index in [2.05, 4.69) is 6.92 Å². The number of quaternary nitrogens is 1. The molecular weight excluding hydrogens is 458 g/mol. The number of carboxylic acids is 3. The third-order valence-corrected chi connectivity index (χ3v) is 6.56. The zero-order chi connectivity index (χ0) is 24.8. The monoisotopic (exact) mass is 507 g/mol. The SMILES string of the molecule is CCCCCCCCCCCCCCCCCC[N+](CCC(=O)O)(CCC(=O)O)CC(=O)O.[Cl-]. The Hall–Kier alpha value is -1.34. The number of halogens is 1. The second-order valence-electron chi connectivity index (χ2n) is 9.66. The Morgan fingerprint density at radius 2 is 0.824 bits per heavy atom. The lowest BCUT2D eigenvalue weighted by Crippen LogP contribution is -3.00. The number of unbranched alkanes of at least 4 members (excludes halogenated alkanes) is 15. The van der Waals surface area contributed by atoms with Gasteiger partial charge in [-0.15, -0.1) is 0 Å². The van der Waals surface area contributed by atoms with Crippen LogP contribution in [-0.2, 0) is 14.4 Å². The van der Waals surface area contributed by atoms with E-state index in [1.54, 1.807) is 0 Å². The summed E-state index contributed by atoms with van der Waals surface area (Å²) in [4.78, 5) is 33.4. The molecule has 0 unspecified atom stereocenters. The van der Waals surface area contributed by atoms with Crippen LogP contribution in [0.15, 0.2) is 0 Å². The minimum Gasteiger partial charge on any atom is -1.00 e. The van der Waals surface area contributed by atoms with Gasteiger partial charge in [0, 0.05) is 0 Å². The fourth-order valence-corrected chi connectivity index (χ4v) is 4.52. The van der Waals surface area contributed by atoms with Gasteiger partial charge in [0.1, 0.15) is 0 Å². The normalized spacial score (nSPS) is 11.2. The van der Waals surface area contributed by atoms with Crippen molar-refractivity contribution in [3.05, 3.63) is 0 Å². The first kappa shape index (κ1) is 34.8. The van der Waals surface area contributed by atoms with E-state index in [-0.39, 0.29) is 49.4 Å². The van der Waals surface area contributed by atoms with E-state index >= 15 is 0 Å². The fourth-order valence-electron chi connectivity index (χ4n) is 4.52. The van der Waals surface area contributed by atoms with Gasteiger partial charge in [0.2, 0.25) is 0 Å². The third-order valence-electron chi connectivity index (χ3n) is 6.56. The predicted molar refractivity (Wildman–Crippen MR) is 131 cm³/mol. The van der Waals surface area contributed by atoms with Gasteiger partial charge in [-0.25, -0.2) is 4.79 Å². The van der Waals surface area contributed by atoms with E-state index in [1.165, 1.54) is 83.5 Å². The second kappa shape index (κ2) is 23.4. The molecule has 0 saturated heterocycles. The molecule has 0 heterocycles. The first-order valence-electron chi connectivity index (χ1n) is 13.3. The smallest absolute Gasteiger partial charge is 0.359 e. The summed E-state index contributed by atoms with van der Waals surface area (Å²) in [5.74, 6) is -2.97. The lowest BCUT2D eigenvalue weighted by molar-refractivity contribution is -0.920. The van der Waals surface area contributed by atoms with Crippen LogP contribution in [-0.4, -0.2) is 63.9 Å². The van der Waals surface area contributed by atoms with Crippen molar-refractivity contribution in [1.29, 1.82) is 0 Å². The summed E-state index contributed by atoms with van der Waals surface area (Å²) in [5, 5.41) is 27.4. The summed E-state index contributed by atoms with van der Waals surface area (Å²) in [6.07, 6.45) is 19.8. The van der Waals surface area contributed by atoms with Gasteiger partial charge in [-0.2, -0.15) is 0 Å². The summed E-state index contributed by atoms with van der Waals surface area (Å²) in [6, 6.07) is 0. The molecular formula is C26H50ClNO6. The van der Waals surface area contributed by atoms with E-state index < -0.39 is 17.9 Å². The van der Waals surface area contributed by atoms with Gasteiger partial charge < -0.3 is 32.2 Å². The number of aliphatic carboxylic acids is 3. The maximum atomic E-state index is 11.4. The van der Waals surface area contributed by atoms with Crippen LogP contribution < -0.4 is 12.4 Å². The predicted octanol–water partition coefficient (Wildman–Crippen LogP) is 3.10. The molecule has 0 fully saturated rings. The van der Waals surface area contributed by atoms with E-state index in [9.17, 15) is 19.5 Å². The Morgan fingerprint density at radius 3 is 1.12 bits per heavy atom. The van der Waals surface area contributed by atoms with Gasteiger partial charge in [-0.3, -0.25) is 9.59 Å². The minimum atomic E-state index is -1.01. The fraction of sp³-hybridized carbons (Fsp3) is 0.885. The van der Waals surface area contributed by atoms with Gasteiger partial charge in [0.25, 0.3) is 0 Å². The molecule has 0 aliphatic heterocycles. The highest BCUT2D eigenvalue weighted by atomic mass is 35.5. The number of nitrogens with zero attached hydrogens (tertiary/aromatic N) is 1. The first-order chi connectivity index (χ1) is 15.8. The summed E-state index contributed by atoms with van der Waals surface area (Å²) in [5.41, 5.74) is 0. The molecule has 8 heteroatoms. The third kappa shape index (κ3) is 22.5. The van der Waals surface area contributed by atoms with Crippen molar-refractivity contribution < 1.29 is 46.6 Å². The van der Waals surface area contributed by atoms with Crippen molar-refractivity contribution >= 4 is 17.9 Å². The summed E-state index contributed by atoms with van der Waals surface area (Å²) in [6.45, 7) is 2.87. The molecule has 0 amide bonds. The molecule has 0 aromatic rings. The van der Waals surface area contributed by atoms with Gasteiger partial charge in [0.15, 0.2) is 6.54 Å². The minimum absolute atomic E-state index is 0. The molecule has 0 aliphatic rings. The van der Waals surface area contributed by atoms with Crippen LogP contribution in [0.2, 0.25) is 0 Å². The molecule has 0 aliphatic carbocycles. The van der Waals surface area contributed by atoms with E-state index in [0.717, 1.165) is 19.3 Å². The Bertz CT molecular complexity index is 511. The average Bonchev–Trinajstić information content (AvgIpc) is 2.75. The second-order valence-corrected chi connectivity index (χ2v) is 9.66. The van der Waals surface area contributed by atoms with Crippen molar-refractivity contribution in [1.82, 2.24) is 0 Å². The molecule has 0 aromatic heterocycles. The Labute approximate surface area is 213 Å². The number of hydrogen-bond acceptors (Lipinski definition) is 3. The average molecular weight is 508 g/mol. The zero-order valence-electron chi connectivity index (χ0n) is 21.4. The molecule has 202 valence electrons. The molecule has 0 spiro atoms. The standard InChI is InChI=1S/C26H49NO6.ClH/c1-2-3-4-5-6-7-8-9-10-11-12-13-14-15-16-17-20-27(23-26(32)33,21-18-24(28)29)22-19-25(30)31;/h2-23H2,1H3,(H2-,28,29,30,31,32,33);1H. The molecule has 34 heavy (non-hydrogen) atoms. The van der Waals surface area contributed by atoms with Crippen molar-refractivity contribution in [2.75, 3.05) is 26.2 Å². The van der Waals surface area contributed by atoms with Crippen LogP contribution in [0.4, 0.5) is 0 Å². The van der Waals surface area contributed by atoms with Gasteiger partial charge in [-0.05, 0) is 12.8 Å². The quantitative estimate of drug-likeness (QED) is 0.129. The van der Waals surface area contributed by atoms with Crippen molar-refractivity contribution in [3.8, 4) is 0 Å². The lowest BCUT2D eigenvalue weighted by Gasteiger charge is -2.36. The topological polar surface area (TPSA) is 112 Å². The number of carboxylic acid groups (broad SMARTS) is 3. The molecule has 0 aromatic carbocycles. The van der Waals surface area contributed by atoms with E-state index in [4.69, 9.17) is 10.2 Å². The highest BCUT2D eigenvalue weighted by Crippen LogP contribution is 2.16. The highest BCUT2D eigenvalue weighted by molar-refractivity contribution is 5.69.